The minimum absolute atomic E-state index is 0.365. The first-order chi connectivity index (χ1) is 8.71. The molecule has 0 aliphatic heterocycles. The van der Waals surface area contributed by atoms with Crippen molar-refractivity contribution in [1.29, 1.82) is 0 Å². The summed E-state index contributed by atoms with van der Waals surface area (Å²) >= 11 is 0. The van der Waals surface area contributed by atoms with E-state index in [-0.39, 0.29) is 0 Å². The van der Waals surface area contributed by atoms with Gasteiger partial charge in [-0.05, 0) is 17.4 Å². The maximum atomic E-state index is 11.2. The molecule has 2 atom stereocenters. The molecule has 0 bridgehead atoms. The van der Waals surface area contributed by atoms with Gasteiger partial charge in [0.05, 0.1) is 0 Å². The lowest BCUT2D eigenvalue weighted by atomic mass is 9.91. The van der Waals surface area contributed by atoms with E-state index < -0.39 is 0 Å². The first kappa shape index (κ1) is 14.5. The van der Waals surface area contributed by atoms with E-state index in [9.17, 15) is 4.79 Å². The van der Waals surface area contributed by atoms with Crippen molar-refractivity contribution in [1.82, 2.24) is 4.90 Å². The SMILES string of the molecule is C=CC(CN(C=O)Cc1ccccc1)C(C)CC. The van der Waals surface area contributed by atoms with Gasteiger partial charge in [-0.25, -0.2) is 0 Å². The molecule has 1 amide bonds. The van der Waals surface area contributed by atoms with Gasteiger partial charge in [0.2, 0.25) is 6.41 Å². The average molecular weight is 245 g/mol. The fourth-order valence-electron chi connectivity index (χ4n) is 2.02. The van der Waals surface area contributed by atoms with Crippen LogP contribution in [0.2, 0.25) is 0 Å². The van der Waals surface area contributed by atoms with Crippen molar-refractivity contribution in [2.24, 2.45) is 11.8 Å². The zero-order valence-corrected chi connectivity index (χ0v) is 11.4. The largest absolute Gasteiger partial charge is 0.340 e. The maximum Gasteiger partial charge on any atom is 0.210 e. The van der Waals surface area contributed by atoms with Gasteiger partial charge in [0, 0.05) is 13.1 Å². The van der Waals surface area contributed by atoms with E-state index in [1.165, 1.54) is 0 Å². The first-order valence-corrected chi connectivity index (χ1v) is 6.57. The summed E-state index contributed by atoms with van der Waals surface area (Å²) in [6.45, 7) is 9.68. The van der Waals surface area contributed by atoms with Crippen molar-refractivity contribution in [2.75, 3.05) is 6.54 Å². The Balaban J connectivity index is 2.61. The third-order valence-corrected chi connectivity index (χ3v) is 3.50. The molecular formula is C16H23NO. The maximum absolute atomic E-state index is 11.2. The van der Waals surface area contributed by atoms with Gasteiger partial charge >= 0.3 is 0 Å². The molecule has 1 rings (SSSR count). The summed E-state index contributed by atoms with van der Waals surface area (Å²) in [7, 11) is 0. The summed E-state index contributed by atoms with van der Waals surface area (Å²) in [5, 5.41) is 0. The van der Waals surface area contributed by atoms with Gasteiger partial charge < -0.3 is 4.90 Å². The first-order valence-electron chi connectivity index (χ1n) is 6.57. The van der Waals surface area contributed by atoms with Crippen LogP contribution in [0.15, 0.2) is 43.0 Å². The number of carbonyl (C=O) groups excluding carboxylic acids is 1. The van der Waals surface area contributed by atoms with Gasteiger partial charge in [0.15, 0.2) is 0 Å². The van der Waals surface area contributed by atoms with Gasteiger partial charge in [-0.3, -0.25) is 4.79 Å². The number of carbonyl (C=O) groups is 1. The molecule has 2 nitrogen and oxygen atoms in total. The second-order valence-corrected chi connectivity index (χ2v) is 4.81. The van der Waals surface area contributed by atoms with Crippen LogP contribution in [-0.2, 0) is 11.3 Å². The van der Waals surface area contributed by atoms with Crippen LogP contribution >= 0.6 is 0 Å². The van der Waals surface area contributed by atoms with Gasteiger partial charge in [-0.1, -0.05) is 56.7 Å². The predicted octanol–water partition coefficient (Wildman–Crippen LogP) is 3.49. The number of benzene rings is 1. The number of nitrogens with zero attached hydrogens (tertiary/aromatic N) is 1. The Labute approximate surface area is 110 Å². The van der Waals surface area contributed by atoms with Crippen LogP contribution in [0, 0.1) is 11.8 Å². The highest BCUT2D eigenvalue weighted by atomic mass is 16.1. The molecule has 0 radical (unpaired) electrons. The van der Waals surface area contributed by atoms with E-state index in [0.29, 0.717) is 18.4 Å². The van der Waals surface area contributed by atoms with Crippen molar-refractivity contribution in [3.63, 3.8) is 0 Å². The van der Waals surface area contributed by atoms with Crippen LogP contribution in [0.25, 0.3) is 0 Å². The molecule has 0 aliphatic carbocycles. The summed E-state index contributed by atoms with van der Waals surface area (Å²) < 4.78 is 0. The highest BCUT2D eigenvalue weighted by molar-refractivity contribution is 5.47. The second kappa shape index (κ2) is 7.70. The minimum atomic E-state index is 0.365. The van der Waals surface area contributed by atoms with Crippen molar-refractivity contribution >= 4 is 6.41 Å². The molecule has 0 aliphatic rings. The zero-order chi connectivity index (χ0) is 13.4. The lowest BCUT2D eigenvalue weighted by Gasteiger charge is -2.26. The Morgan fingerprint density at radius 3 is 2.50 bits per heavy atom. The van der Waals surface area contributed by atoms with Gasteiger partial charge in [-0.2, -0.15) is 0 Å². The fraction of sp³-hybridized carbons (Fsp3) is 0.438. The molecule has 1 aromatic rings. The molecule has 98 valence electrons. The second-order valence-electron chi connectivity index (χ2n) is 4.81. The number of hydrogen-bond donors (Lipinski definition) is 0. The Bertz CT molecular complexity index is 361. The smallest absolute Gasteiger partial charge is 0.210 e. The molecule has 0 fully saturated rings. The molecule has 0 saturated carbocycles. The predicted molar refractivity (Wildman–Crippen MR) is 76.1 cm³/mol. The molecule has 2 unspecified atom stereocenters. The summed E-state index contributed by atoms with van der Waals surface area (Å²) in [5.41, 5.74) is 1.16. The van der Waals surface area contributed by atoms with E-state index >= 15 is 0 Å². The van der Waals surface area contributed by atoms with Crippen LogP contribution in [0.5, 0.6) is 0 Å². The van der Waals surface area contributed by atoms with Gasteiger partial charge in [-0.15, -0.1) is 6.58 Å². The molecule has 0 saturated heterocycles. The van der Waals surface area contributed by atoms with Crippen LogP contribution in [0.4, 0.5) is 0 Å². The fourth-order valence-corrected chi connectivity index (χ4v) is 2.02. The van der Waals surface area contributed by atoms with E-state index in [4.69, 9.17) is 0 Å². The monoisotopic (exact) mass is 245 g/mol. The highest BCUT2D eigenvalue weighted by Crippen LogP contribution is 2.18. The van der Waals surface area contributed by atoms with Crippen molar-refractivity contribution in [2.45, 2.75) is 26.8 Å². The molecule has 0 spiro atoms. The lowest BCUT2D eigenvalue weighted by molar-refractivity contribution is -0.119. The molecule has 18 heavy (non-hydrogen) atoms. The average Bonchev–Trinajstić information content (AvgIpc) is 2.43. The number of amides is 1. The number of hydrogen-bond acceptors (Lipinski definition) is 1. The Morgan fingerprint density at radius 1 is 1.33 bits per heavy atom. The summed E-state index contributed by atoms with van der Waals surface area (Å²) in [4.78, 5) is 13.0. The Hall–Kier alpha value is -1.57. The standard InChI is InChI=1S/C16H23NO/c1-4-14(3)16(5-2)12-17(13-18)11-15-9-7-6-8-10-15/h5-10,13-14,16H,2,4,11-12H2,1,3H3. The minimum Gasteiger partial charge on any atom is -0.340 e. The van der Waals surface area contributed by atoms with Crippen LogP contribution in [0.1, 0.15) is 25.8 Å². The van der Waals surface area contributed by atoms with Crippen molar-refractivity contribution in [3.8, 4) is 0 Å². The van der Waals surface area contributed by atoms with Crippen LogP contribution in [-0.4, -0.2) is 17.9 Å². The quantitative estimate of drug-likeness (QED) is 0.507. The Kier molecular flexibility index (Phi) is 6.20. The van der Waals surface area contributed by atoms with Gasteiger partial charge in [0.1, 0.15) is 0 Å². The topological polar surface area (TPSA) is 20.3 Å². The normalized spacial score (nSPS) is 13.7. The van der Waals surface area contributed by atoms with Crippen molar-refractivity contribution < 1.29 is 4.79 Å². The molecule has 2 heteroatoms. The lowest BCUT2D eigenvalue weighted by Crippen LogP contribution is -2.30. The van der Waals surface area contributed by atoms with Gasteiger partial charge in [0.25, 0.3) is 0 Å². The van der Waals surface area contributed by atoms with E-state index in [0.717, 1.165) is 24.9 Å². The summed E-state index contributed by atoms with van der Waals surface area (Å²) in [6, 6.07) is 10.1. The van der Waals surface area contributed by atoms with E-state index in [2.05, 4.69) is 20.4 Å². The van der Waals surface area contributed by atoms with E-state index in [1.807, 2.05) is 41.3 Å². The molecule has 0 N–H and O–H groups in total. The third-order valence-electron chi connectivity index (χ3n) is 3.50. The molecule has 1 aromatic carbocycles. The number of rotatable bonds is 8. The highest BCUT2D eigenvalue weighted by Gasteiger charge is 2.15. The van der Waals surface area contributed by atoms with Crippen molar-refractivity contribution in [3.05, 3.63) is 48.6 Å². The molecular weight excluding hydrogens is 222 g/mol. The summed E-state index contributed by atoms with van der Waals surface area (Å²) in [6.07, 6.45) is 4.01. The molecule has 0 aromatic heterocycles. The van der Waals surface area contributed by atoms with E-state index in [1.54, 1.807) is 0 Å². The molecule has 0 heterocycles. The zero-order valence-electron chi connectivity index (χ0n) is 11.4. The van der Waals surface area contributed by atoms with Crippen LogP contribution < -0.4 is 0 Å². The van der Waals surface area contributed by atoms with Crippen LogP contribution in [0.3, 0.4) is 0 Å². The third kappa shape index (κ3) is 4.36. The summed E-state index contributed by atoms with van der Waals surface area (Å²) in [5.74, 6) is 0.921. The Morgan fingerprint density at radius 2 is 2.00 bits per heavy atom.